The number of urea groups is 1. The Morgan fingerprint density at radius 1 is 1.29 bits per heavy atom. The van der Waals surface area contributed by atoms with Crippen LogP contribution in [0.15, 0.2) is 18.2 Å². The van der Waals surface area contributed by atoms with E-state index in [4.69, 9.17) is 11.1 Å². The van der Waals surface area contributed by atoms with Gasteiger partial charge in [0.15, 0.2) is 0 Å². The monoisotopic (exact) mass is 300 g/mol. The number of likely N-dealkylation sites (tertiary alicyclic amines) is 1. The zero-order valence-electron chi connectivity index (χ0n) is 11.1. The number of nitrogens with zero attached hydrogens (tertiary/aromatic N) is 1. The summed E-state index contributed by atoms with van der Waals surface area (Å²) in [6.07, 6.45) is -2.86. The van der Waals surface area contributed by atoms with Crippen LogP contribution in [0, 0.1) is 5.41 Å². The minimum atomic E-state index is -4.64. The fourth-order valence-electron chi connectivity index (χ4n) is 2.21. The average molecular weight is 300 g/mol. The molecule has 0 spiro atoms. The summed E-state index contributed by atoms with van der Waals surface area (Å²) in [7, 11) is 0. The molecule has 1 aliphatic rings. The molecule has 8 heteroatoms. The normalized spacial score (nSPS) is 15.1. The molecule has 4 N–H and O–H groups in total. The molecule has 2 amide bonds. The molecule has 1 fully saturated rings. The van der Waals surface area contributed by atoms with Gasteiger partial charge in [-0.2, -0.15) is 13.2 Å². The van der Waals surface area contributed by atoms with Crippen molar-refractivity contribution >= 4 is 17.6 Å². The van der Waals surface area contributed by atoms with Gasteiger partial charge in [-0.25, -0.2) is 4.79 Å². The summed E-state index contributed by atoms with van der Waals surface area (Å²) in [6, 6.07) is 2.77. The maximum absolute atomic E-state index is 13.0. The standard InChI is InChI=1S/C13H15F3N4O/c14-13(15,16)10-7-8(3-4-9(10)11(17)18)19-12(21)20-5-1-2-6-20/h3-4,7H,1-2,5-6H2,(H3,17,18)(H,19,21). The van der Waals surface area contributed by atoms with E-state index in [0.717, 1.165) is 25.0 Å². The zero-order valence-corrected chi connectivity index (χ0v) is 11.1. The van der Waals surface area contributed by atoms with Gasteiger partial charge in [-0.15, -0.1) is 0 Å². The Kier molecular flexibility index (Phi) is 4.06. The van der Waals surface area contributed by atoms with Crippen LogP contribution in [0.4, 0.5) is 23.7 Å². The van der Waals surface area contributed by atoms with Gasteiger partial charge >= 0.3 is 12.2 Å². The van der Waals surface area contributed by atoms with Gasteiger partial charge in [0, 0.05) is 24.3 Å². The number of nitrogens with one attached hydrogen (secondary N) is 2. The summed E-state index contributed by atoms with van der Waals surface area (Å²) in [5, 5.41) is 9.62. The first-order chi connectivity index (χ1) is 9.79. The van der Waals surface area contributed by atoms with Crippen LogP contribution in [0.3, 0.4) is 0 Å². The number of rotatable bonds is 2. The van der Waals surface area contributed by atoms with Crippen LogP contribution in [-0.2, 0) is 6.18 Å². The number of carbonyl (C=O) groups excluding carboxylic acids is 1. The third kappa shape index (κ3) is 3.45. The van der Waals surface area contributed by atoms with E-state index in [9.17, 15) is 18.0 Å². The number of amidine groups is 1. The smallest absolute Gasteiger partial charge is 0.384 e. The van der Waals surface area contributed by atoms with E-state index in [1.54, 1.807) is 4.90 Å². The van der Waals surface area contributed by atoms with Gasteiger partial charge < -0.3 is 16.0 Å². The van der Waals surface area contributed by atoms with Crippen molar-refractivity contribution in [3.8, 4) is 0 Å². The van der Waals surface area contributed by atoms with Crippen LogP contribution < -0.4 is 11.1 Å². The highest BCUT2D eigenvalue weighted by Gasteiger charge is 2.34. The van der Waals surface area contributed by atoms with Crippen molar-refractivity contribution in [3.63, 3.8) is 0 Å². The molecule has 0 radical (unpaired) electrons. The van der Waals surface area contributed by atoms with Crippen molar-refractivity contribution in [2.75, 3.05) is 18.4 Å². The number of halogens is 3. The van der Waals surface area contributed by atoms with E-state index in [1.165, 1.54) is 6.07 Å². The summed E-state index contributed by atoms with van der Waals surface area (Å²) >= 11 is 0. The number of hydrogen-bond donors (Lipinski definition) is 3. The van der Waals surface area contributed by atoms with E-state index in [-0.39, 0.29) is 5.69 Å². The molecule has 0 atom stereocenters. The number of carbonyl (C=O) groups is 1. The van der Waals surface area contributed by atoms with Crippen molar-refractivity contribution in [3.05, 3.63) is 29.3 Å². The second-order valence-corrected chi connectivity index (χ2v) is 4.80. The van der Waals surface area contributed by atoms with Crippen molar-refractivity contribution < 1.29 is 18.0 Å². The fraction of sp³-hybridized carbons (Fsp3) is 0.385. The highest BCUT2D eigenvalue weighted by molar-refractivity contribution is 5.98. The maximum Gasteiger partial charge on any atom is 0.417 e. The fourth-order valence-corrected chi connectivity index (χ4v) is 2.21. The number of nitrogens with two attached hydrogens (primary N) is 1. The second-order valence-electron chi connectivity index (χ2n) is 4.80. The summed E-state index contributed by atoms with van der Waals surface area (Å²) in [6.45, 7) is 1.20. The zero-order chi connectivity index (χ0) is 15.6. The summed E-state index contributed by atoms with van der Waals surface area (Å²) in [5.41, 5.74) is 3.75. The third-order valence-electron chi connectivity index (χ3n) is 3.26. The van der Waals surface area contributed by atoms with Crippen LogP contribution in [0.2, 0.25) is 0 Å². The molecule has 114 valence electrons. The SMILES string of the molecule is N=C(N)c1ccc(NC(=O)N2CCCC2)cc1C(F)(F)F. The molecule has 0 saturated carbocycles. The first-order valence-electron chi connectivity index (χ1n) is 6.40. The molecule has 1 aromatic rings. The summed E-state index contributed by atoms with van der Waals surface area (Å²) < 4.78 is 38.9. The molecule has 1 heterocycles. The highest BCUT2D eigenvalue weighted by atomic mass is 19.4. The lowest BCUT2D eigenvalue weighted by Gasteiger charge is -2.18. The third-order valence-corrected chi connectivity index (χ3v) is 3.26. The largest absolute Gasteiger partial charge is 0.417 e. The highest BCUT2D eigenvalue weighted by Crippen LogP contribution is 2.33. The molecular formula is C13H15F3N4O. The van der Waals surface area contributed by atoms with Crippen molar-refractivity contribution in [1.82, 2.24) is 4.90 Å². The lowest BCUT2D eigenvalue weighted by molar-refractivity contribution is -0.137. The summed E-state index contributed by atoms with van der Waals surface area (Å²) in [5.74, 6) is -0.667. The molecule has 1 aliphatic heterocycles. The van der Waals surface area contributed by atoms with Crippen LogP contribution in [0.5, 0.6) is 0 Å². The molecular weight excluding hydrogens is 285 g/mol. The van der Waals surface area contributed by atoms with Crippen LogP contribution in [0.25, 0.3) is 0 Å². The molecule has 5 nitrogen and oxygen atoms in total. The topological polar surface area (TPSA) is 82.2 Å². The van der Waals surface area contributed by atoms with Gasteiger partial charge in [0.05, 0.1) is 5.56 Å². The Morgan fingerprint density at radius 2 is 1.90 bits per heavy atom. The van der Waals surface area contributed by atoms with Gasteiger partial charge in [0.25, 0.3) is 0 Å². The molecule has 21 heavy (non-hydrogen) atoms. The minimum absolute atomic E-state index is 0.0317. The number of hydrogen-bond acceptors (Lipinski definition) is 2. The Morgan fingerprint density at radius 3 is 2.43 bits per heavy atom. The predicted molar refractivity (Wildman–Crippen MR) is 72.3 cm³/mol. The van der Waals surface area contributed by atoms with E-state index < -0.39 is 29.2 Å². The lowest BCUT2D eigenvalue weighted by Crippen LogP contribution is -2.32. The first kappa shape index (κ1) is 15.1. The second kappa shape index (κ2) is 5.63. The van der Waals surface area contributed by atoms with Gasteiger partial charge in [-0.1, -0.05) is 0 Å². The molecule has 0 bridgehead atoms. The van der Waals surface area contributed by atoms with E-state index in [2.05, 4.69) is 5.32 Å². The number of alkyl halides is 3. The van der Waals surface area contributed by atoms with E-state index in [1.807, 2.05) is 0 Å². The average Bonchev–Trinajstić information content (AvgIpc) is 2.91. The Labute approximate surface area is 119 Å². The summed E-state index contributed by atoms with van der Waals surface area (Å²) in [4.78, 5) is 13.4. The van der Waals surface area contributed by atoms with Crippen LogP contribution in [-0.4, -0.2) is 29.9 Å². The first-order valence-corrected chi connectivity index (χ1v) is 6.40. The predicted octanol–water partition coefficient (Wildman–Crippen LogP) is 2.62. The van der Waals surface area contributed by atoms with Gasteiger partial charge in [-0.05, 0) is 31.0 Å². The Bertz CT molecular complexity index is 565. The van der Waals surface area contributed by atoms with E-state index >= 15 is 0 Å². The molecule has 1 aromatic carbocycles. The number of anilines is 1. The minimum Gasteiger partial charge on any atom is -0.384 e. The Balaban J connectivity index is 2.25. The van der Waals surface area contributed by atoms with Crippen molar-refractivity contribution in [2.24, 2.45) is 5.73 Å². The number of nitrogen functional groups attached to an aromatic ring is 1. The molecule has 1 saturated heterocycles. The molecule has 0 aliphatic carbocycles. The maximum atomic E-state index is 13.0. The molecule has 0 unspecified atom stereocenters. The number of benzene rings is 1. The van der Waals surface area contributed by atoms with Gasteiger partial charge in [0.1, 0.15) is 5.84 Å². The van der Waals surface area contributed by atoms with E-state index in [0.29, 0.717) is 13.1 Å². The Hall–Kier alpha value is -2.25. The quantitative estimate of drug-likeness (QED) is 0.579. The van der Waals surface area contributed by atoms with Crippen molar-refractivity contribution in [1.29, 1.82) is 5.41 Å². The van der Waals surface area contributed by atoms with Gasteiger partial charge in [0.2, 0.25) is 0 Å². The number of amides is 2. The molecule has 2 rings (SSSR count). The van der Waals surface area contributed by atoms with Crippen LogP contribution in [0.1, 0.15) is 24.0 Å². The van der Waals surface area contributed by atoms with Gasteiger partial charge in [-0.3, -0.25) is 5.41 Å². The van der Waals surface area contributed by atoms with Crippen LogP contribution >= 0.6 is 0 Å². The molecule has 0 aromatic heterocycles. The van der Waals surface area contributed by atoms with Crippen molar-refractivity contribution in [2.45, 2.75) is 19.0 Å². The lowest BCUT2D eigenvalue weighted by atomic mass is 10.1.